The van der Waals surface area contributed by atoms with E-state index in [9.17, 15) is 0 Å². The number of nitrogens with zero attached hydrogens (tertiary/aromatic N) is 2. The average Bonchev–Trinajstić information content (AvgIpc) is 2.89. The maximum Gasteiger partial charge on any atom is 0.243 e. The van der Waals surface area contributed by atoms with Crippen LogP contribution in [0.2, 0.25) is 0 Å². The lowest BCUT2D eigenvalue weighted by atomic mass is 10.1. The van der Waals surface area contributed by atoms with Gasteiger partial charge in [-0.25, -0.2) is 0 Å². The van der Waals surface area contributed by atoms with Gasteiger partial charge in [-0.05, 0) is 19.9 Å². The standard InChI is InChI=1S/C10H17N3O2/c1-3-11-7(2)10-12-9(13-15-10)8-4-5-14-6-8/h7-8,11H,3-6H2,1-2H3. The van der Waals surface area contributed by atoms with Gasteiger partial charge in [0.25, 0.3) is 0 Å². The molecule has 0 radical (unpaired) electrons. The number of hydrogen-bond acceptors (Lipinski definition) is 5. The summed E-state index contributed by atoms with van der Waals surface area (Å²) >= 11 is 0. The van der Waals surface area contributed by atoms with Crippen molar-refractivity contribution in [3.05, 3.63) is 11.7 Å². The first-order valence-electron chi connectivity index (χ1n) is 5.46. The van der Waals surface area contributed by atoms with Crippen LogP contribution in [0.25, 0.3) is 0 Å². The second kappa shape index (κ2) is 4.72. The number of hydrogen-bond donors (Lipinski definition) is 1. The average molecular weight is 211 g/mol. The second-order valence-electron chi connectivity index (χ2n) is 3.83. The zero-order valence-electron chi connectivity index (χ0n) is 9.19. The van der Waals surface area contributed by atoms with Gasteiger partial charge in [0, 0.05) is 12.5 Å². The summed E-state index contributed by atoms with van der Waals surface area (Å²) in [6.45, 7) is 6.49. The molecule has 1 aromatic rings. The van der Waals surface area contributed by atoms with E-state index in [4.69, 9.17) is 9.26 Å². The van der Waals surface area contributed by atoms with Crippen molar-refractivity contribution in [1.29, 1.82) is 0 Å². The van der Waals surface area contributed by atoms with Gasteiger partial charge in [0.2, 0.25) is 5.89 Å². The fourth-order valence-electron chi connectivity index (χ4n) is 1.72. The highest BCUT2D eigenvalue weighted by Gasteiger charge is 2.24. The lowest BCUT2D eigenvalue weighted by Crippen LogP contribution is -2.18. The Morgan fingerprint density at radius 2 is 2.47 bits per heavy atom. The number of nitrogens with one attached hydrogen (secondary N) is 1. The summed E-state index contributed by atoms with van der Waals surface area (Å²) in [5.74, 6) is 1.77. The van der Waals surface area contributed by atoms with Crippen LogP contribution in [0.15, 0.2) is 4.52 Å². The first-order valence-corrected chi connectivity index (χ1v) is 5.46. The third kappa shape index (κ3) is 2.35. The van der Waals surface area contributed by atoms with Crippen molar-refractivity contribution in [3.8, 4) is 0 Å². The maximum absolute atomic E-state index is 5.29. The lowest BCUT2D eigenvalue weighted by Gasteiger charge is -2.05. The van der Waals surface area contributed by atoms with E-state index in [1.54, 1.807) is 0 Å². The monoisotopic (exact) mass is 211 g/mol. The summed E-state index contributed by atoms with van der Waals surface area (Å²) in [7, 11) is 0. The fourth-order valence-corrected chi connectivity index (χ4v) is 1.72. The van der Waals surface area contributed by atoms with E-state index in [2.05, 4.69) is 22.4 Å². The van der Waals surface area contributed by atoms with Crippen molar-refractivity contribution in [2.75, 3.05) is 19.8 Å². The predicted molar refractivity (Wildman–Crippen MR) is 54.6 cm³/mol. The largest absolute Gasteiger partial charge is 0.381 e. The van der Waals surface area contributed by atoms with Crippen LogP contribution in [-0.2, 0) is 4.74 Å². The van der Waals surface area contributed by atoms with E-state index in [1.165, 1.54) is 0 Å². The van der Waals surface area contributed by atoms with E-state index < -0.39 is 0 Å². The highest BCUT2D eigenvalue weighted by atomic mass is 16.5. The highest BCUT2D eigenvalue weighted by molar-refractivity contribution is 4.99. The number of rotatable bonds is 4. The second-order valence-corrected chi connectivity index (χ2v) is 3.83. The zero-order chi connectivity index (χ0) is 10.7. The quantitative estimate of drug-likeness (QED) is 0.812. The molecule has 1 aliphatic heterocycles. The van der Waals surface area contributed by atoms with E-state index in [0.717, 1.165) is 25.4 Å². The van der Waals surface area contributed by atoms with Gasteiger partial charge < -0.3 is 14.6 Å². The third-order valence-electron chi connectivity index (χ3n) is 2.63. The molecule has 0 aromatic carbocycles. The molecule has 0 spiro atoms. The third-order valence-corrected chi connectivity index (χ3v) is 2.63. The molecule has 0 saturated carbocycles. The maximum atomic E-state index is 5.29. The normalized spacial score (nSPS) is 23.2. The summed E-state index contributed by atoms with van der Waals surface area (Å²) in [5, 5.41) is 7.23. The topological polar surface area (TPSA) is 60.2 Å². The first kappa shape index (κ1) is 10.6. The summed E-state index contributed by atoms with van der Waals surface area (Å²) in [6.07, 6.45) is 0.995. The SMILES string of the molecule is CCNC(C)c1nc(C2CCOC2)no1. The van der Waals surface area contributed by atoms with Crippen LogP contribution in [-0.4, -0.2) is 29.9 Å². The van der Waals surface area contributed by atoms with E-state index in [0.29, 0.717) is 18.4 Å². The molecule has 1 aliphatic rings. The van der Waals surface area contributed by atoms with E-state index >= 15 is 0 Å². The van der Waals surface area contributed by atoms with Gasteiger partial charge in [-0.1, -0.05) is 12.1 Å². The minimum absolute atomic E-state index is 0.124. The smallest absolute Gasteiger partial charge is 0.243 e. The molecule has 0 aliphatic carbocycles. The van der Waals surface area contributed by atoms with Crippen molar-refractivity contribution in [2.45, 2.75) is 32.2 Å². The van der Waals surface area contributed by atoms with Gasteiger partial charge in [0.1, 0.15) is 0 Å². The highest BCUT2D eigenvalue weighted by Crippen LogP contribution is 2.23. The Balaban J connectivity index is 2.02. The molecule has 1 aromatic heterocycles. The van der Waals surface area contributed by atoms with Gasteiger partial charge in [0.05, 0.1) is 12.6 Å². The molecule has 1 N–H and O–H groups in total. The van der Waals surface area contributed by atoms with Crippen LogP contribution in [0, 0.1) is 0 Å². The van der Waals surface area contributed by atoms with Gasteiger partial charge in [-0.3, -0.25) is 0 Å². The van der Waals surface area contributed by atoms with Crippen molar-refractivity contribution in [3.63, 3.8) is 0 Å². The van der Waals surface area contributed by atoms with Crippen LogP contribution in [0.4, 0.5) is 0 Å². The first-order chi connectivity index (χ1) is 7.31. The zero-order valence-corrected chi connectivity index (χ0v) is 9.19. The Hall–Kier alpha value is -0.940. The number of ether oxygens (including phenoxy) is 1. The molecule has 0 bridgehead atoms. The number of aromatic nitrogens is 2. The summed E-state index contributed by atoms with van der Waals surface area (Å²) < 4.78 is 10.5. The van der Waals surface area contributed by atoms with Crippen LogP contribution in [0.1, 0.15) is 43.9 Å². The molecular formula is C10H17N3O2. The van der Waals surface area contributed by atoms with Crippen LogP contribution in [0.3, 0.4) is 0 Å². The molecule has 2 unspecified atom stereocenters. The van der Waals surface area contributed by atoms with Crippen molar-refractivity contribution in [1.82, 2.24) is 15.5 Å². The van der Waals surface area contributed by atoms with Crippen LogP contribution in [0.5, 0.6) is 0 Å². The molecular weight excluding hydrogens is 194 g/mol. The van der Waals surface area contributed by atoms with Crippen molar-refractivity contribution < 1.29 is 9.26 Å². The van der Waals surface area contributed by atoms with Crippen molar-refractivity contribution >= 4 is 0 Å². The van der Waals surface area contributed by atoms with Crippen LogP contribution < -0.4 is 5.32 Å². The molecule has 2 atom stereocenters. The fraction of sp³-hybridized carbons (Fsp3) is 0.800. The molecule has 5 nitrogen and oxygen atoms in total. The minimum Gasteiger partial charge on any atom is -0.381 e. The minimum atomic E-state index is 0.124. The van der Waals surface area contributed by atoms with E-state index in [-0.39, 0.29) is 6.04 Å². The van der Waals surface area contributed by atoms with Gasteiger partial charge in [0.15, 0.2) is 5.82 Å². The summed E-state index contributed by atoms with van der Waals surface area (Å²) in [5.41, 5.74) is 0. The van der Waals surface area contributed by atoms with Crippen LogP contribution >= 0.6 is 0 Å². The Labute approximate surface area is 89.2 Å². The van der Waals surface area contributed by atoms with E-state index in [1.807, 2.05) is 6.92 Å². The summed E-state index contributed by atoms with van der Waals surface area (Å²) in [4.78, 5) is 4.39. The Morgan fingerprint density at radius 1 is 1.60 bits per heavy atom. The molecule has 2 heterocycles. The van der Waals surface area contributed by atoms with Gasteiger partial charge in [-0.15, -0.1) is 0 Å². The molecule has 0 amide bonds. The molecule has 1 saturated heterocycles. The van der Waals surface area contributed by atoms with Gasteiger partial charge >= 0.3 is 0 Å². The Morgan fingerprint density at radius 3 is 3.13 bits per heavy atom. The van der Waals surface area contributed by atoms with Crippen molar-refractivity contribution in [2.24, 2.45) is 0 Å². The Bertz CT molecular complexity index is 307. The molecule has 84 valence electrons. The predicted octanol–water partition coefficient (Wildman–Crippen LogP) is 1.24. The lowest BCUT2D eigenvalue weighted by molar-refractivity contribution is 0.192. The Kier molecular flexibility index (Phi) is 3.33. The molecule has 1 fully saturated rings. The molecule has 5 heteroatoms. The molecule has 2 rings (SSSR count). The molecule has 15 heavy (non-hydrogen) atoms. The van der Waals surface area contributed by atoms with Gasteiger partial charge in [-0.2, -0.15) is 4.98 Å². The summed E-state index contributed by atoms with van der Waals surface area (Å²) in [6, 6.07) is 0.124.